The number of nitrogens with zero attached hydrogens (tertiary/aromatic N) is 1. The lowest BCUT2D eigenvalue weighted by molar-refractivity contribution is -0.131. The molecule has 1 heterocycles. The van der Waals surface area contributed by atoms with E-state index in [1.54, 1.807) is 4.90 Å². The van der Waals surface area contributed by atoms with E-state index in [9.17, 15) is 14.7 Å². The van der Waals surface area contributed by atoms with Crippen LogP contribution in [0.25, 0.3) is 0 Å². The van der Waals surface area contributed by atoms with E-state index < -0.39 is 11.9 Å². The van der Waals surface area contributed by atoms with Crippen LogP contribution in [0.2, 0.25) is 0 Å². The third kappa shape index (κ3) is 4.57. The number of aliphatic hydroxyl groups excluding tert-OH is 1. The zero-order valence-electron chi connectivity index (χ0n) is 18.8. The van der Waals surface area contributed by atoms with Gasteiger partial charge in [-0.05, 0) is 56.4 Å². The Labute approximate surface area is 189 Å². The Morgan fingerprint density at radius 1 is 1.06 bits per heavy atom. The van der Waals surface area contributed by atoms with Crippen molar-refractivity contribution in [2.75, 3.05) is 0 Å². The molecule has 0 saturated heterocycles. The fourth-order valence-corrected chi connectivity index (χ4v) is 4.83. The Morgan fingerprint density at radius 2 is 1.72 bits per heavy atom. The van der Waals surface area contributed by atoms with Gasteiger partial charge in [0.25, 0.3) is 5.91 Å². The summed E-state index contributed by atoms with van der Waals surface area (Å²) >= 11 is 0. The van der Waals surface area contributed by atoms with Crippen molar-refractivity contribution in [2.24, 2.45) is 0 Å². The van der Waals surface area contributed by atoms with Gasteiger partial charge in [0, 0.05) is 12.5 Å². The number of ketones is 1. The van der Waals surface area contributed by atoms with Gasteiger partial charge in [0.05, 0.1) is 17.7 Å². The van der Waals surface area contributed by atoms with Crippen LogP contribution < -0.4 is 4.74 Å². The van der Waals surface area contributed by atoms with Crippen molar-refractivity contribution < 1.29 is 19.4 Å². The van der Waals surface area contributed by atoms with E-state index in [2.05, 4.69) is 0 Å². The molecule has 1 aliphatic heterocycles. The number of carbonyl (C=O) groups is 2. The molecule has 0 spiro atoms. The lowest BCUT2D eigenvalue weighted by Gasteiger charge is -2.32. The van der Waals surface area contributed by atoms with Crippen LogP contribution in [-0.2, 0) is 16.0 Å². The summed E-state index contributed by atoms with van der Waals surface area (Å²) in [5, 5.41) is 10.8. The van der Waals surface area contributed by atoms with Gasteiger partial charge in [-0.15, -0.1) is 0 Å². The smallest absolute Gasteiger partial charge is 0.290 e. The number of hydrogen-bond acceptors (Lipinski definition) is 4. The molecule has 1 aliphatic carbocycles. The fraction of sp³-hybridized carbons (Fsp3) is 0.407. The highest BCUT2D eigenvalue weighted by molar-refractivity contribution is 6.09. The molecule has 4 rings (SSSR count). The minimum absolute atomic E-state index is 0.0423. The molecule has 5 nitrogen and oxygen atoms in total. The predicted molar refractivity (Wildman–Crippen MR) is 123 cm³/mol. The van der Waals surface area contributed by atoms with Gasteiger partial charge in [0.1, 0.15) is 5.75 Å². The minimum Gasteiger partial charge on any atom is -0.503 e. The summed E-state index contributed by atoms with van der Waals surface area (Å²) < 4.78 is 5.75. The van der Waals surface area contributed by atoms with Crippen LogP contribution in [0.4, 0.5) is 0 Å². The number of rotatable bonds is 8. The molecular weight excluding hydrogens is 402 g/mol. The zero-order chi connectivity index (χ0) is 22.7. The Balaban J connectivity index is 1.64. The molecule has 1 saturated carbocycles. The summed E-state index contributed by atoms with van der Waals surface area (Å²) in [6, 6.07) is 16.8. The van der Waals surface area contributed by atoms with Crippen molar-refractivity contribution >= 4 is 11.7 Å². The van der Waals surface area contributed by atoms with Crippen molar-refractivity contribution in [2.45, 2.75) is 70.6 Å². The highest BCUT2D eigenvalue weighted by Crippen LogP contribution is 2.43. The van der Waals surface area contributed by atoms with E-state index in [0.717, 1.165) is 42.6 Å². The van der Waals surface area contributed by atoms with Crippen molar-refractivity contribution in [3.05, 3.63) is 77.1 Å². The van der Waals surface area contributed by atoms with E-state index in [1.165, 1.54) is 0 Å². The van der Waals surface area contributed by atoms with Crippen LogP contribution in [0.1, 0.15) is 63.1 Å². The maximum atomic E-state index is 13.3. The molecule has 1 atom stereocenters. The Kier molecular flexibility index (Phi) is 6.63. The molecule has 2 aromatic carbocycles. The largest absolute Gasteiger partial charge is 0.503 e. The van der Waals surface area contributed by atoms with Crippen LogP contribution in [0.3, 0.4) is 0 Å². The molecule has 0 bridgehead atoms. The van der Waals surface area contributed by atoms with Crippen molar-refractivity contribution in [3.63, 3.8) is 0 Å². The van der Waals surface area contributed by atoms with Crippen LogP contribution in [0, 0.1) is 0 Å². The fourth-order valence-electron chi connectivity index (χ4n) is 4.83. The monoisotopic (exact) mass is 433 g/mol. The third-order valence-electron chi connectivity index (χ3n) is 6.31. The molecule has 1 N–H and O–H groups in total. The van der Waals surface area contributed by atoms with Gasteiger partial charge >= 0.3 is 0 Å². The molecule has 1 unspecified atom stereocenters. The van der Waals surface area contributed by atoms with Gasteiger partial charge in [0.15, 0.2) is 11.5 Å². The molecule has 0 radical (unpaired) electrons. The third-order valence-corrected chi connectivity index (χ3v) is 6.31. The van der Waals surface area contributed by atoms with Crippen LogP contribution >= 0.6 is 0 Å². The second-order valence-electron chi connectivity index (χ2n) is 8.96. The van der Waals surface area contributed by atoms with Gasteiger partial charge < -0.3 is 14.7 Å². The molecule has 5 heteroatoms. The van der Waals surface area contributed by atoms with Gasteiger partial charge in [-0.3, -0.25) is 9.59 Å². The van der Waals surface area contributed by atoms with E-state index in [0.29, 0.717) is 6.42 Å². The number of hydrogen-bond donors (Lipinski definition) is 1. The topological polar surface area (TPSA) is 66.8 Å². The minimum atomic E-state index is -0.554. The molecule has 168 valence electrons. The molecule has 32 heavy (non-hydrogen) atoms. The van der Waals surface area contributed by atoms with Crippen molar-refractivity contribution in [1.29, 1.82) is 0 Å². The summed E-state index contributed by atoms with van der Waals surface area (Å²) in [5.41, 5.74) is 2.12. The Bertz CT molecular complexity index is 988. The van der Waals surface area contributed by atoms with E-state index in [4.69, 9.17) is 4.74 Å². The van der Waals surface area contributed by atoms with E-state index in [1.807, 2.05) is 68.4 Å². The number of ether oxygens (including phenoxy) is 1. The summed E-state index contributed by atoms with van der Waals surface area (Å²) in [4.78, 5) is 28.2. The van der Waals surface area contributed by atoms with Crippen LogP contribution in [-0.4, -0.2) is 33.8 Å². The second-order valence-corrected chi connectivity index (χ2v) is 8.96. The predicted octanol–water partition coefficient (Wildman–Crippen LogP) is 5.31. The highest BCUT2D eigenvalue weighted by Gasteiger charge is 2.46. The van der Waals surface area contributed by atoms with E-state index in [-0.39, 0.29) is 35.7 Å². The maximum absolute atomic E-state index is 13.3. The average molecular weight is 434 g/mol. The van der Waals surface area contributed by atoms with Gasteiger partial charge in [-0.25, -0.2) is 0 Å². The van der Waals surface area contributed by atoms with E-state index >= 15 is 0 Å². The first-order chi connectivity index (χ1) is 15.5. The number of Topliss-reactive ketones (excluding diaryl/α,β-unsaturated/α-hetero) is 1. The summed E-state index contributed by atoms with van der Waals surface area (Å²) in [6.45, 7) is 3.94. The Morgan fingerprint density at radius 3 is 2.34 bits per heavy atom. The molecule has 2 aliphatic rings. The first kappa shape index (κ1) is 22.1. The van der Waals surface area contributed by atoms with Gasteiger partial charge in [0.2, 0.25) is 0 Å². The second kappa shape index (κ2) is 9.60. The highest BCUT2D eigenvalue weighted by atomic mass is 16.5. The molecule has 2 aromatic rings. The number of aliphatic hydroxyl groups is 1. The summed E-state index contributed by atoms with van der Waals surface area (Å²) in [7, 11) is 0. The van der Waals surface area contributed by atoms with Crippen molar-refractivity contribution in [1.82, 2.24) is 4.90 Å². The van der Waals surface area contributed by atoms with Crippen LogP contribution in [0.15, 0.2) is 65.9 Å². The molecule has 1 amide bonds. The van der Waals surface area contributed by atoms with Gasteiger partial charge in [-0.1, -0.05) is 55.3 Å². The normalized spacial score (nSPS) is 19.3. The van der Waals surface area contributed by atoms with Crippen molar-refractivity contribution in [3.8, 4) is 5.75 Å². The quantitative estimate of drug-likeness (QED) is 0.612. The number of amides is 1. The number of benzene rings is 2. The molecular formula is C27H31NO4. The number of carbonyl (C=O) groups excluding carboxylic acids is 2. The Hall–Kier alpha value is -3.08. The number of aryl methyl sites for hydroxylation is 1. The molecule has 0 aromatic heterocycles. The lowest BCUT2D eigenvalue weighted by Crippen LogP contribution is -2.38. The maximum Gasteiger partial charge on any atom is 0.290 e. The summed E-state index contributed by atoms with van der Waals surface area (Å²) in [5.74, 6) is -0.242. The first-order valence-electron chi connectivity index (χ1n) is 11.5. The molecule has 1 fully saturated rings. The summed E-state index contributed by atoms with van der Waals surface area (Å²) in [6.07, 6.45) is 4.79. The average Bonchev–Trinajstić information content (AvgIpc) is 3.40. The lowest BCUT2D eigenvalue weighted by atomic mass is 9.92. The van der Waals surface area contributed by atoms with Gasteiger partial charge in [-0.2, -0.15) is 0 Å². The SMILES string of the molecule is CC(C)Oc1ccc(C2C(C(=O)CCc3ccccc3)=C(O)C(=O)N2C2CCCC2)cc1. The first-order valence-corrected chi connectivity index (χ1v) is 11.5. The van der Waals surface area contributed by atoms with Crippen LogP contribution in [0.5, 0.6) is 5.75 Å². The zero-order valence-corrected chi connectivity index (χ0v) is 18.8. The standard InChI is InChI=1S/C27H31NO4/c1-18(2)32-22-15-13-20(14-16-22)25-24(23(29)17-12-19-8-4-3-5-9-19)26(30)27(31)28(25)21-10-6-7-11-21/h3-5,8-9,13-16,18,21,25,30H,6-7,10-12,17H2,1-2H3.